The van der Waals surface area contributed by atoms with Gasteiger partial charge in [-0.3, -0.25) is 0 Å². The summed E-state index contributed by atoms with van der Waals surface area (Å²) in [7, 11) is 1.89. The third kappa shape index (κ3) is 3.29. The second-order valence-corrected chi connectivity index (χ2v) is 6.77. The van der Waals surface area contributed by atoms with Crippen LogP contribution in [0.2, 0.25) is 0 Å². The number of nitrogen functional groups attached to an aromatic ring is 1. The summed E-state index contributed by atoms with van der Waals surface area (Å²) >= 11 is 0. The van der Waals surface area contributed by atoms with Gasteiger partial charge in [0, 0.05) is 22.9 Å². The summed E-state index contributed by atoms with van der Waals surface area (Å²) in [5, 5.41) is 6.60. The smallest absolute Gasteiger partial charge is 0.168 e. The van der Waals surface area contributed by atoms with Gasteiger partial charge in [-0.2, -0.15) is 0 Å². The van der Waals surface area contributed by atoms with Crippen molar-refractivity contribution in [2.75, 3.05) is 12.8 Å². The molecule has 1 aliphatic carbocycles. The predicted octanol–water partition coefficient (Wildman–Crippen LogP) is 3.89. The number of benzene rings is 2. The van der Waals surface area contributed by atoms with E-state index in [2.05, 4.69) is 10.6 Å². The molecule has 4 N–H and O–H groups in total. The lowest BCUT2D eigenvalue weighted by Gasteiger charge is -2.24. The van der Waals surface area contributed by atoms with Crippen molar-refractivity contribution in [1.29, 1.82) is 0 Å². The molecule has 0 bridgehead atoms. The molecule has 146 valence electrons. The Morgan fingerprint density at radius 3 is 2.71 bits per heavy atom. The Kier molecular flexibility index (Phi) is 4.68. The van der Waals surface area contributed by atoms with Crippen LogP contribution in [0.4, 0.5) is 14.5 Å². The minimum absolute atomic E-state index is 0.0648. The molecule has 0 amide bonds. The molecule has 4 rings (SSSR count). The minimum Gasteiger partial charge on any atom is -0.469 e. The third-order valence-electron chi connectivity index (χ3n) is 4.80. The van der Waals surface area contributed by atoms with Crippen molar-refractivity contribution >= 4 is 11.3 Å². The van der Waals surface area contributed by atoms with E-state index in [4.69, 9.17) is 15.2 Å². The molecule has 0 radical (unpaired) electrons. The number of ether oxygens (including phenoxy) is 2. The van der Waals surface area contributed by atoms with Crippen molar-refractivity contribution in [3.8, 4) is 11.5 Å². The van der Waals surface area contributed by atoms with Crippen LogP contribution in [0.1, 0.15) is 18.9 Å². The highest BCUT2D eigenvalue weighted by Gasteiger charge is 2.33. The van der Waals surface area contributed by atoms with Gasteiger partial charge in [-0.05, 0) is 50.7 Å². The first-order chi connectivity index (χ1) is 13.5. The van der Waals surface area contributed by atoms with Crippen molar-refractivity contribution in [1.82, 2.24) is 10.6 Å². The van der Waals surface area contributed by atoms with Gasteiger partial charge in [0.2, 0.25) is 0 Å². The first-order valence-electron chi connectivity index (χ1n) is 9.04. The van der Waals surface area contributed by atoms with Crippen LogP contribution in [0.25, 0.3) is 5.57 Å². The van der Waals surface area contributed by atoms with Crippen molar-refractivity contribution in [2.45, 2.75) is 25.6 Å². The number of allylic oxidation sites excluding steroid dienone is 1. The average Bonchev–Trinajstić information content (AvgIpc) is 3.05. The number of rotatable bonds is 4. The number of anilines is 1. The van der Waals surface area contributed by atoms with Gasteiger partial charge in [-0.1, -0.05) is 6.08 Å². The Bertz CT molecular complexity index is 988. The fourth-order valence-electron chi connectivity index (χ4n) is 3.49. The van der Waals surface area contributed by atoms with E-state index in [1.54, 1.807) is 18.2 Å². The maximum atomic E-state index is 14.1. The van der Waals surface area contributed by atoms with Crippen LogP contribution in [0, 0.1) is 11.6 Å². The Balaban J connectivity index is 1.76. The molecule has 0 saturated heterocycles. The Labute approximate surface area is 161 Å². The number of hydrogen-bond acceptors (Lipinski definition) is 5. The molecule has 5 nitrogen and oxygen atoms in total. The van der Waals surface area contributed by atoms with Crippen molar-refractivity contribution in [2.24, 2.45) is 0 Å². The minimum atomic E-state index is -0.775. The molecule has 1 aliphatic heterocycles. The maximum absolute atomic E-state index is 14.1. The van der Waals surface area contributed by atoms with Gasteiger partial charge in [0.15, 0.2) is 23.6 Å². The molecule has 28 heavy (non-hydrogen) atoms. The van der Waals surface area contributed by atoms with Gasteiger partial charge in [-0.25, -0.2) is 8.78 Å². The molecule has 2 aromatic rings. The first kappa shape index (κ1) is 18.3. The summed E-state index contributed by atoms with van der Waals surface area (Å²) in [6.45, 7) is 1.92. The average molecular weight is 385 g/mol. The Morgan fingerprint density at radius 2 is 1.96 bits per heavy atom. The van der Waals surface area contributed by atoms with E-state index in [1.807, 2.05) is 20.0 Å². The fraction of sp³-hybridized carbons (Fsp3) is 0.238. The Morgan fingerprint density at radius 1 is 1.18 bits per heavy atom. The van der Waals surface area contributed by atoms with Crippen molar-refractivity contribution in [3.05, 3.63) is 71.1 Å². The highest BCUT2D eigenvalue weighted by molar-refractivity contribution is 5.84. The van der Waals surface area contributed by atoms with Crippen LogP contribution in [0.5, 0.6) is 11.5 Å². The van der Waals surface area contributed by atoms with E-state index in [0.29, 0.717) is 22.8 Å². The first-order valence-corrected chi connectivity index (χ1v) is 9.04. The number of likely N-dealkylation sites (N-methyl/N-ethyl adjacent to an activating group) is 1. The molecule has 1 heterocycles. The molecule has 0 fully saturated rings. The highest BCUT2D eigenvalue weighted by atomic mass is 19.1. The zero-order valence-electron chi connectivity index (χ0n) is 15.6. The van der Waals surface area contributed by atoms with Gasteiger partial charge in [-0.15, -0.1) is 0 Å². The number of nitrogens with two attached hydrogens (primary N) is 1. The number of hydrogen-bond donors (Lipinski definition) is 3. The maximum Gasteiger partial charge on any atom is 0.168 e. The number of halogens is 2. The van der Waals surface area contributed by atoms with Crippen LogP contribution < -0.4 is 21.1 Å². The van der Waals surface area contributed by atoms with Crippen molar-refractivity contribution in [3.63, 3.8) is 0 Å². The normalized spacial score (nSPS) is 20.9. The van der Waals surface area contributed by atoms with Gasteiger partial charge in [0.25, 0.3) is 0 Å². The summed E-state index contributed by atoms with van der Waals surface area (Å²) < 4.78 is 39.1. The quantitative estimate of drug-likeness (QED) is 0.697. The molecule has 2 aliphatic rings. The fourth-order valence-corrected chi connectivity index (χ4v) is 3.49. The Hall–Kier alpha value is -3.06. The number of nitrogens with one attached hydrogen (secondary N) is 2. The second kappa shape index (κ2) is 7.16. The van der Waals surface area contributed by atoms with Gasteiger partial charge in [0.05, 0.1) is 11.7 Å². The van der Waals surface area contributed by atoms with Crippen LogP contribution >= 0.6 is 0 Å². The van der Waals surface area contributed by atoms with Gasteiger partial charge in [0.1, 0.15) is 11.6 Å². The summed E-state index contributed by atoms with van der Waals surface area (Å²) in [5.41, 5.74) is 9.02. The lowest BCUT2D eigenvalue weighted by atomic mass is 9.92. The van der Waals surface area contributed by atoms with Gasteiger partial charge < -0.3 is 25.8 Å². The lowest BCUT2D eigenvalue weighted by molar-refractivity contribution is 0.155. The van der Waals surface area contributed by atoms with E-state index in [-0.39, 0.29) is 18.0 Å². The third-order valence-corrected chi connectivity index (χ3v) is 4.80. The van der Waals surface area contributed by atoms with Crippen LogP contribution in [0.15, 0.2) is 53.9 Å². The van der Waals surface area contributed by atoms with Crippen LogP contribution in [-0.4, -0.2) is 19.3 Å². The molecule has 0 spiro atoms. The van der Waals surface area contributed by atoms with E-state index in [9.17, 15) is 8.78 Å². The van der Waals surface area contributed by atoms with E-state index in [0.717, 1.165) is 29.8 Å². The summed E-state index contributed by atoms with van der Waals surface area (Å²) in [4.78, 5) is 0. The van der Waals surface area contributed by atoms with Gasteiger partial charge >= 0.3 is 0 Å². The van der Waals surface area contributed by atoms with E-state index < -0.39 is 11.6 Å². The monoisotopic (exact) mass is 385 g/mol. The molecule has 2 unspecified atom stereocenters. The zero-order valence-corrected chi connectivity index (χ0v) is 15.6. The summed E-state index contributed by atoms with van der Waals surface area (Å²) in [5.74, 6) is -0.380. The largest absolute Gasteiger partial charge is 0.469 e. The molecular formula is C21H21F2N3O2. The molecule has 2 atom stereocenters. The standard InChI is InChI=1S/C21H21F2N3O2/c1-11-26-20-17(25-2)6-5-14(21(20)27-11)15-10-13(24)4-8-18(15)28-19-7-3-12(22)9-16(19)23/h3-5,7-11,17,25-26H,6,24H2,1-2H3. The van der Waals surface area contributed by atoms with Crippen molar-refractivity contribution < 1.29 is 18.3 Å². The summed E-state index contributed by atoms with van der Waals surface area (Å²) in [6, 6.07) is 8.42. The van der Waals surface area contributed by atoms with E-state index >= 15 is 0 Å². The van der Waals surface area contributed by atoms with Crippen LogP contribution in [-0.2, 0) is 4.74 Å². The highest BCUT2D eigenvalue weighted by Crippen LogP contribution is 2.41. The second-order valence-electron chi connectivity index (χ2n) is 6.77. The molecular weight excluding hydrogens is 364 g/mol. The molecule has 7 heteroatoms. The topological polar surface area (TPSA) is 68.5 Å². The molecule has 2 aromatic carbocycles. The van der Waals surface area contributed by atoms with E-state index in [1.165, 1.54) is 6.07 Å². The zero-order chi connectivity index (χ0) is 19.8. The molecule has 0 aromatic heterocycles. The lowest BCUT2D eigenvalue weighted by Crippen LogP contribution is -2.35. The SMILES string of the molecule is CNC1CC=C(c2cc(N)ccc2Oc2ccc(F)cc2F)C2=C1NC(C)O2. The summed E-state index contributed by atoms with van der Waals surface area (Å²) in [6.07, 6.45) is 2.62. The predicted molar refractivity (Wildman–Crippen MR) is 103 cm³/mol. The van der Waals surface area contributed by atoms with Crippen LogP contribution in [0.3, 0.4) is 0 Å². The molecule has 0 saturated carbocycles.